The Morgan fingerprint density at radius 1 is 1.47 bits per heavy atom. The highest BCUT2D eigenvalue weighted by Gasteiger charge is 2.10. The van der Waals surface area contributed by atoms with E-state index in [9.17, 15) is 4.79 Å². The number of nitrogens with one attached hydrogen (secondary N) is 1. The van der Waals surface area contributed by atoms with Crippen LogP contribution in [0, 0.1) is 11.3 Å². The van der Waals surface area contributed by atoms with Crippen molar-refractivity contribution in [3.8, 4) is 6.07 Å². The van der Waals surface area contributed by atoms with Gasteiger partial charge in [0.2, 0.25) is 0 Å². The van der Waals surface area contributed by atoms with Crippen molar-refractivity contribution in [1.82, 2.24) is 9.97 Å². The second-order valence-corrected chi connectivity index (χ2v) is 3.73. The molecule has 2 rings (SSSR count). The Morgan fingerprint density at radius 2 is 2.32 bits per heavy atom. The predicted octanol–water partition coefficient (Wildman–Crippen LogP) is 1.66. The second-order valence-electron chi connectivity index (χ2n) is 3.73. The normalized spacial score (nSPS) is 9.63. The molecule has 0 atom stereocenters. The van der Waals surface area contributed by atoms with Crippen LogP contribution in [0.5, 0.6) is 0 Å². The minimum absolute atomic E-state index is 0.0615. The summed E-state index contributed by atoms with van der Waals surface area (Å²) >= 11 is 0. The van der Waals surface area contributed by atoms with Crippen LogP contribution in [0.3, 0.4) is 0 Å². The number of nitriles is 1. The van der Waals surface area contributed by atoms with E-state index in [0.717, 1.165) is 5.69 Å². The number of aromatic nitrogens is 2. The van der Waals surface area contributed by atoms with Crippen LogP contribution in [0.4, 0.5) is 5.69 Å². The number of aromatic carboxylic acids is 1. The van der Waals surface area contributed by atoms with Gasteiger partial charge in [0, 0.05) is 11.9 Å². The van der Waals surface area contributed by atoms with Gasteiger partial charge in [0.1, 0.15) is 11.9 Å². The van der Waals surface area contributed by atoms with Crippen LogP contribution >= 0.6 is 0 Å². The molecule has 0 unspecified atom stereocenters. The fraction of sp³-hybridized carbons (Fsp3) is 0.0769. The first kappa shape index (κ1) is 12.5. The molecule has 0 aliphatic heterocycles. The van der Waals surface area contributed by atoms with Gasteiger partial charge in [-0.2, -0.15) is 5.26 Å². The second kappa shape index (κ2) is 5.60. The van der Waals surface area contributed by atoms with E-state index in [1.807, 2.05) is 6.07 Å². The maximum atomic E-state index is 11.0. The van der Waals surface area contributed by atoms with Gasteiger partial charge in [0.15, 0.2) is 0 Å². The zero-order valence-electron chi connectivity index (χ0n) is 9.87. The van der Waals surface area contributed by atoms with Crippen LogP contribution in [0.1, 0.15) is 21.6 Å². The zero-order valence-corrected chi connectivity index (χ0v) is 9.87. The van der Waals surface area contributed by atoms with Crippen molar-refractivity contribution < 1.29 is 9.90 Å². The van der Waals surface area contributed by atoms with Crippen LogP contribution in [-0.4, -0.2) is 21.0 Å². The van der Waals surface area contributed by atoms with Crippen molar-refractivity contribution >= 4 is 11.7 Å². The van der Waals surface area contributed by atoms with Gasteiger partial charge in [0.05, 0.1) is 23.9 Å². The summed E-state index contributed by atoms with van der Waals surface area (Å²) < 4.78 is 0. The van der Waals surface area contributed by atoms with E-state index < -0.39 is 5.97 Å². The van der Waals surface area contributed by atoms with E-state index in [1.54, 1.807) is 24.3 Å². The highest BCUT2D eigenvalue weighted by atomic mass is 16.4. The van der Waals surface area contributed by atoms with E-state index in [0.29, 0.717) is 11.3 Å². The Hall–Kier alpha value is -2.94. The molecule has 0 fully saturated rings. The molecule has 94 valence electrons. The summed E-state index contributed by atoms with van der Waals surface area (Å²) in [6.07, 6.45) is 2.56. The molecule has 2 N–H and O–H groups in total. The maximum absolute atomic E-state index is 11.0. The van der Waals surface area contributed by atoms with Crippen LogP contribution in [-0.2, 0) is 6.54 Å². The van der Waals surface area contributed by atoms with Crippen molar-refractivity contribution in [3.63, 3.8) is 0 Å². The molecule has 0 aliphatic rings. The lowest BCUT2D eigenvalue weighted by atomic mass is 10.2. The van der Waals surface area contributed by atoms with Crippen molar-refractivity contribution in [2.24, 2.45) is 0 Å². The lowest BCUT2D eigenvalue weighted by Gasteiger charge is -2.07. The minimum Gasteiger partial charge on any atom is -0.478 e. The number of hydrogen-bond acceptors (Lipinski definition) is 5. The number of nitrogens with zero attached hydrogens (tertiary/aromatic N) is 3. The van der Waals surface area contributed by atoms with Crippen molar-refractivity contribution in [2.75, 3.05) is 5.32 Å². The molecule has 0 radical (unpaired) electrons. The Morgan fingerprint density at radius 3 is 3.05 bits per heavy atom. The Kier molecular flexibility index (Phi) is 3.69. The number of benzene rings is 1. The molecule has 0 spiro atoms. The van der Waals surface area contributed by atoms with E-state index in [1.165, 1.54) is 12.5 Å². The van der Waals surface area contributed by atoms with Crippen molar-refractivity contribution in [2.45, 2.75) is 6.54 Å². The summed E-state index contributed by atoms with van der Waals surface area (Å²) in [5, 5.41) is 20.8. The summed E-state index contributed by atoms with van der Waals surface area (Å²) in [5.74, 6) is -1.07. The topological polar surface area (TPSA) is 98.9 Å². The molecule has 0 amide bonds. The first-order valence-corrected chi connectivity index (χ1v) is 5.47. The smallest absolute Gasteiger partial charge is 0.339 e. The lowest BCUT2D eigenvalue weighted by Crippen LogP contribution is -2.10. The molecule has 6 nitrogen and oxygen atoms in total. The van der Waals surface area contributed by atoms with Gasteiger partial charge in [0.25, 0.3) is 0 Å². The Labute approximate surface area is 109 Å². The third kappa shape index (κ3) is 3.04. The summed E-state index contributed by atoms with van der Waals surface area (Å²) in [5.41, 5.74) is 1.72. The zero-order chi connectivity index (χ0) is 13.7. The standard InChI is InChI=1S/C13H10N4O2/c14-5-9-2-1-3-10(4-9)16-7-12-11(13(18)19)6-15-8-17-12/h1-4,6,8,16H,7H2,(H,18,19). The van der Waals surface area contributed by atoms with Gasteiger partial charge in [-0.3, -0.25) is 0 Å². The van der Waals surface area contributed by atoms with E-state index in [-0.39, 0.29) is 12.1 Å². The molecule has 19 heavy (non-hydrogen) atoms. The molecule has 6 heteroatoms. The summed E-state index contributed by atoms with van der Waals surface area (Å²) in [6.45, 7) is 0.249. The molecule has 0 aliphatic carbocycles. The molecule has 1 heterocycles. The first-order chi connectivity index (χ1) is 9.20. The fourth-order valence-electron chi connectivity index (χ4n) is 1.56. The number of carboxylic acids is 1. The molecule has 0 bridgehead atoms. The number of carbonyl (C=O) groups is 1. The predicted molar refractivity (Wildman–Crippen MR) is 67.5 cm³/mol. The maximum Gasteiger partial charge on any atom is 0.339 e. The van der Waals surface area contributed by atoms with Gasteiger partial charge in [-0.25, -0.2) is 14.8 Å². The fourth-order valence-corrected chi connectivity index (χ4v) is 1.56. The largest absolute Gasteiger partial charge is 0.478 e. The van der Waals surface area contributed by atoms with Crippen LogP contribution in [0.15, 0.2) is 36.8 Å². The Balaban J connectivity index is 2.15. The molecule has 1 aromatic heterocycles. The summed E-state index contributed by atoms with van der Waals surface area (Å²) in [6, 6.07) is 8.95. The van der Waals surface area contributed by atoms with Crippen molar-refractivity contribution in [3.05, 3.63) is 53.6 Å². The van der Waals surface area contributed by atoms with Crippen LogP contribution in [0.2, 0.25) is 0 Å². The number of anilines is 1. The monoisotopic (exact) mass is 254 g/mol. The number of rotatable bonds is 4. The van der Waals surface area contributed by atoms with Gasteiger partial charge < -0.3 is 10.4 Å². The SMILES string of the molecule is N#Cc1cccc(NCc2ncncc2C(=O)O)c1. The highest BCUT2D eigenvalue weighted by Crippen LogP contribution is 2.12. The molecule has 1 aromatic carbocycles. The summed E-state index contributed by atoms with van der Waals surface area (Å²) in [7, 11) is 0. The highest BCUT2D eigenvalue weighted by molar-refractivity contribution is 5.88. The van der Waals surface area contributed by atoms with Gasteiger partial charge >= 0.3 is 5.97 Å². The lowest BCUT2D eigenvalue weighted by molar-refractivity contribution is 0.0694. The van der Waals surface area contributed by atoms with E-state index in [4.69, 9.17) is 10.4 Å². The van der Waals surface area contributed by atoms with Crippen LogP contribution < -0.4 is 5.32 Å². The third-order valence-corrected chi connectivity index (χ3v) is 2.48. The first-order valence-electron chi connectivity index (χ1n) is 5.47. The molecule has 2 aromatic rings. The van der Waals surface area contributed by atoms with Gasteiger partial charge in [-0.05, 0) is 18.2 Å². The molecular formula is C13H10N4O2. The van der Waals surface area contributed by atoms with E-state index >= 15 is 0 Å². The average Bonchev–Trinajstić information content (AvgIpc) is 2.45. The Bertz CT molecular complexity index is 649. The summed E-state index contributed by atoms with van der Waals surface area (Å²) in [4.78, 5) is 18.6. The average molecular weight is 254 g/mol. The molecule has 0 saturated heterocycles. The number of carboxylic acid groups (broad SMARTS) is 1. The number of hydrogen-bond donors (Lipinski definition) is 2. The minimum atomic E-state index is -1.07. The van der Waals surface area contributed by atoms with E-state index in [2.05, 4.69) is 15.3 Å². The van der Waals surface area contributed by atoms with Gasteiger partial charge in [-0.1, -0.05) is 6.07 Å². The quantitative estimate of drug-likeness (QED) is 0.860. The molecule has 0 saturated carbocycles. The third-order valence-electron chi connectivity index (χ3n) is 2.48. The van der Waals surface area contributed by atoms with Gasteiger partial charge in [-0.15, -0.1) is 0 Å². The molecular weight excluding hydrogens is 244 g/mol. The van der Waals surface area contributed by atoms with Crippen molar-refractivity contribution in [1.29, 1.82) is 5.26 Å². The van der Waals surface area contributed by atoms with Crippen LogP contribution in [0.25, 0.3) is 0 Å².